The Hall–Kier alpha value is -1.56. The number of hydrogen-bond acceptors (Lipinski definition) is 5. The Bertz CT molecular complexity index is 349. The predicted octanol–water partition coefficient (Wildman–Crippen LogP) is 0.463. The number of nitrogens with one attached hydrogen (secondary N) is 2. The largest absolute Gasteiger partial charge is 0.360 e. The Kier molecular flexibility index (Phi) is 5.48. The second kappa shape index (κ2) is 6.90. The van der Waals surface area contributed by atoms with Gasteiger partial charge >= 0.3 is 0 Å². The molecule has 0 atom stereocenters. The number of amides is 1. The molecule has 0 aromatic carbocycles. The molecule has 0 spiro atoms. The van der Waals surface area contributed by atoms with Crippen molar-refractivity contribution < 1.29 is 9.32 Å². The quantitative estimate of drug-likeness (QED) is 0.678. The van der Waals surface area contributed by atoms with Gasteiger partial charge in [-0.15, -0.1) is 0 Å². The van der Waals surface area contributed by atoms with Crippen molar-refractivity contribution in [2.45, 2.75) is 13.3 Å². The zero-order chi connectivity index (χ0) is 12.7. The summed E-state index contributed by atoms with van der Waals surface area (Å²) in [4.78, 5) is 13.5. The summed E-state index contributed by atoms with van der Waals surface area (Å²) in [7, 11) is 4.02. The van der Waals surface area contributed by atoms with E-state index in [1.165, 1.54) is 0 Å². The van der Waals surface area contributed by atoms with Gasteiger partial charge in [-0.3, -0.25) is 4.79 Å². The number of rotatable bonds is 7. The molecule has 0 radical (unpaired) electrons. The van der Waals surface area contributed by atoms with Gasteiger partial charge in [-0.2, -0.15) is 0 Å². The van der Waals surface area contributed by atoms with Crippen LogP contribution in [0.4, 0.5) is 5.82 Å². The van der Waals surface area contributed by atoms with Crippen LogP contribution < -0.4 is 10.6 Å². The monoisotopic (exact) mass is 240 g/mol. The van der Waals surface area contributed by atoms with E-state index in [9.17, 15) is 4.79 Å². The number of nitrogens with zero attached hydrogens (tertiary/aromatic N) is 2. The maximum atomic E-state index is 11.4. The highest BCUT2D eigenvalue weighted by atomic mass is 16.5. The van der Waals surface area contributed by atoms with Gasteiger partial charge < -0.3 is 20.1 Å². The zero-order valence-electron chi connectivity index (χ0n) is 10.6. The third kappa shape index (κ3) is 5.91. The Labute approximate surface area is 101 Å². The Balaban J connectivity index is 2.09. The van der Waals surface area contributed by atoms with Gasteiger partial charge in [-0.05, 0) is 34.0 Å². The first-order valence-electron chi connectivity index (χ1n) is 5.66. The first-order valence-corrected chi connectivity index (χ1v) is 5.66. The molecule has 0 fully saturated rings. The lowest BCUT2D eigenvalue weighted by Crippen LogP contribution is -2.32. The van der Waals surface area contributed by atoms with Crippen LogP contribution in [0.5, 0.6) is 0 Å². The zero-order valence-corrected chi connectivity index (χ0v) is 10.6. The average Bonchev–Trinajstić information content (AvgIpc) is 2.67. The van der Waals surface area contributed by atoms with Crippen molar-refractivity contribution in [3.63, 3.8) is 0 Å². The molecule has 0 aliphatic rings. The second-order valence-electron chi connectivity index (χ2n) is 4.18. The lowest BCUT2D eigenvalue weighted by Gasteiger charge is -2.09. The molecular weight excluding hydrogens is 220 g/mol. The molecule has 0 unspecified atom stereocenters. The van der Waals surface area contributed by atoms with E-state index in [4.69, 9.17) is 4.52 Å². The van der Waals surface area contributed by atoms with Crippen LogP contribution in [0.1, 0.15) is 12.2 Å². The smallest absolute Gasteiger partial charge is 0.239 e. The number of carbonyl (C=O) groups is 1. The number of aryl methyl sites for hydroxylation is 1. The summed E-state index contributed by atoms with van der Waals surface area (Å²) in [6.45, 7) is 3.68. The third-order valence-corrected chi connectivity index (χ3v) is 2.16. The maximum Gasteiger partial charge on any atom is 0.239 e. The van der Waals surface area contributed by atoms with Gasteiger partial charge in [0.05, 0.1) is 6.54 Å². The molecule has 0 saturated heterocycles. The molecule has 0 aliphatic carbocycles. The summed E-state index contributed by atoms with van der Waals surface area (Å²) >= 11 is 0. The summed E-state index contributed by atoms with van der Waals surface area (Å²) in [5.74, 6) is 1.27. The van der Waals surface area contributed by atoms with Crippen LogP contribution in [0, 0.1) is 6.92 Å². The van der Waals surface area contributed by atoms with Crippen LogP contribution in [-0.2, 0) is 4.79 Å². The van der Waals surface area contributed by atoms with Crippen LogP contribution >= 0.6 is 0 Å². The maximum absolute atomic E-state index is 11.4. The van der Waals surface area contributed by atoms with Crippen LogP contribution in [-0.4, -0.2) is 49.7 Å². The summed E-state index contributed by atoms with van der Waals surface area (Å²) in [6.07, 6.45) is 0.946. The lowest BCUT2D eigenvalue weighted by molar-refractivity contribution is -0.119. The van der Waals surface area contributed by atoms with Crippen molar-refractivity contribution in [3.05, 3.63) is 11.8 Å². The minimum atomic E-state index is -0.0376. The molecule has 6 nitrogen and oxygen atoms in total. The minimum absolute atomic E-state index is 0.0376. The van der Waals surface area contributed by atoms with E-state index in [0.29, 0.717) is 12.4 Å². The molecule has 17 heavy (non-hydrogen) atoms. The van der Waals surface area contributed by atoms with Crippen LogP contribution in [0.25, 0.3) is 0 Å². The average molecular weight is 240 g/mol. The van der Waals surface area contributed by atoms with Gasteiger partial charge in [-0.25, -0.2) is 0 Å². The van der Waals surface area contributed by atoms with Crippen molar-refractivity contribution in [2.24, 2.45) is 0 Å². The second-order valence-corrected chi connectivity index (χ2v) is 4.18. The fourth-order valence-corrected chi connectivity index (χ4v) is 1.31. The SMILES string of the molecule is Cc1cc(NCC(=O)NCCCN(C)C)no1. The molecule has 1 heterocycles. The normalized spacial score (nSPS) is 10.6. The highest BCUT2D eigenvalue weighted by molar-refractivity contribution is 5.80. The molecule has 1 aromatic heterocycles. The van der Waals surface area contributed by atoms with E-state index in [2.05, 4.69) is 20.7 Å². The molecule has 0 aliphatic heterocycles. The first kappa shape index (κ1) is 13.5. The number of carbonyl (C=O) groups excluding carboxylic acids is 1. The summed E-state index contributed by atoms with van der Waals surface area (Å²) < 4.78 is 4.87. The van der Waals surface area contributed by atoms with Crippen molar-refractivity contribution >= 4 is 11.7 Å². The lowest BCUT2D eigenvalue weighted by atomic mass is 10.4. The molecule has 6 heteroatoms. The Morgan fingerprint density at radius 2 is 2.29 bits per heavy atom. The van der Waals surface area contributed by atoms with Crippen molar-refractivity contribution in [3.8, 4) is 0 Å². The van der Waals surface area contributed by atoms with Crippen LogP contribution in [0.2, 0.25) is 0 Å². The van der Waals surface area contributed by atoms with Gasteiger partial charge in [0, 0.05) is 12.6 Å². The van der Waals surface area contributed by atoms with Gasteiger partial charge in [0.25, 0.3) is 0 Å². The molecular formula is C11H20N4O2. The van der Waals surface area contributed by atoms with E-state index in [1.807, 2.05) is 14.1 Å². The predicted molar refractivity (Wildman–Crippen MR) is 65.9 cm³/mol. The van der Waals surface area contributed by atoms with E-state index in [-0.39, 0.29) is 12.5 Å². The summed E-state index contributed by atoms with van der Waals surface area (Å²) in [5, 5.41) is 9.45. The minimum Gasteiger partial charge on any atom is -0.360 e. The van der Waals surface area contributed by atoms with E-state index < -0.39 is 0 Å². The van der Waals surface area contributed by atoms with Gasteiger partial charge in [-0.1, -0.05) is 5.16 Å². The van der Waals surface area contributed by atoms with Crippen molar-refractivity contribution in [1.82, 2.24) is 15.4 Å². The third-order valence-electron chi connectivity index (χ3n) is 2.16. The molecule has 1 rings (SSSR count). The van der Waals surface area contributed by atoms with E-state index >= 15 is 0 Å². The summed E-state index contributed by atoms with van der Waals surface area (Å²) in [5.41, 5.74) is 0. The molecule has 1 aromatic rings. The standard InChI is InChI=1S/C11H20N4O2/c1-9-7-10(14-17-9)13-8-11(16)12-5-4-6-15(2)3/h7H,4-6,8H2,1-3H3,(H,12,16)(H,13,14). The Morgan fingerprint density at radius 3 is 2.88 bits per heavy atom. The molecule has 0 bridgehead atoms. The fourth-order valence-electron chi connectivity index (χ4n) is 1.31. The van der Waals surface area contributed by atoms with E-state index in [1.54, 1.807) is 13.0 Å². The van der Waals surface area contributed by atoms with Crippen LogP contribution in [0.3, 0.4) is 0 Å². The molecule has 96 valence electrons. The Morgan fingerprint density at radius 1 is 1.53 bits per heavy atom. The highest BCUT2D eigenvalue weighted by Crippen LogP contribution is 2.05. The number of anilines is 1. The highest BCUT2D eigenvalue weighted by Gasteiger charge is 2.03. The van der Waals surface area contributed by atoms with Gasteiger partial charge in [0.1, 0.15) is 5.76 Å². The number of aromatic nitrogens is 1. The first-order chi connectivity index (χ1) is 8.08. The number of hydrogen-bond donors (Lipinski definition) is 2. The van der Waals surface area contributed by atoms with Crippen molar-refractivity contribution in [1.29, 1.82) is 0 Å². The molecule has 1 amide bonds. The van der Waals surface area contributed by atoms with E-state index in [0.717, 1.165) is 18.7 Å². The van der Waals surface area contributed by atoms with Crippen molar-refractivity contribution in [2.75, 3.05) is 39.0 Å². The topological polar surface area (TPSA) is 70.4 Å². The molecule has 2 N–H and O–H groups in total. The molecule has 0 saturated carbocycles. The van der Waals surface area contributed by atoms with Gasteiger partial charge in [0.15, 0.2) is 5.82 Å². The summed E-state index contributed by atoms with van der Waals surface area (Å²) in [6, 6.07) is 1.75. The van der Waals surface area contributed by atoms with Crippen LogP contribution in [0.15, 0.2) is 10.6 Å². The fraction of sp³-hybridized carbons (Fsp3) is 0.636. The van der Waals surface area contributed by atoms with Gasteiger partial charge in [0.2, 0.25) is 5.91 Å².